The van der Waals surface area contributed by atoms with Crippen molar-refractivity contribution in [2.75, 3.05) is 19.7 Å². The van der Waals surface area contributed by atoms with E-state index in [1.807, 2.05) is 0 Å². The predicted molar refractivity (Wildman–Crippen MR) is 73.5 cm³/mol. The van der Waals surface area contributed by atoms with Gasteiger partial charge in [-0.05, 0) is 70.4 Å². The minimum Gasteiger partial charge on any atom is -0.378 e. The van der Waals surface area contributed by atoms with Gasteiger partial charge in [0.2, 0.25) is 0 Å². The first kappa shape index (κ1) is 12.9. The molecule has 3 nitrogen and oxygen atoms in total. The molecular weight excluding hydrogens is 224 g/mol. The first-order valence-corrected chi connectivity index (χ1v) is 7.92. The maximum Gasteiger partial charge on any atom is 0.0576 e. The zero-order valence-corrected chi connectivity index (χ0v) is 11.5. The van der Waals surface area contributed by atoms with Crippen LogP contribution in [-0.4, -0.2) is 42.8 Å². The molecule has 0 atom stereocenters. The summed E-state index contributed by atoms with van der Waals surface area (Å²) in [5.41, 5.74) is 5.98. The van der Waals surface area contributed by atoms with Crippen molar-refractivity contribution >= 4 is 0 Å². The maximum atomic E-state index is 6.02. The summed E-state index contributed by atoms with van der Waals surface area (Å²) in [7, 11) is 0. The van der Waals surface area contributed by atoms with Crippen LogP contribution in [0.25, 0.3) is 0 Å². The molecule has 3 heteroatoms. The Morgan fingerprint density at radius 3 is 2.17 bits per heavy atom. The third-order valence-electron chi connectivity index (χ3n) is 5.00. The Morgan fingerprint density at radius 2 is 1.56 bits per heavy atom. The van der Waals surface area contributed by atoms with Crippen LogP contribution in [0.2, 0.25) is 0 Å². The molecule has 104 valence electrons. The second kappa shape index (κ2) is 5.89. The molecule has 0 radical (unpaired) electrons. The number of ether oxygens (including phenoxy) is 1. The van der Waals surface area contributed by atoms with Crippen molar-refractivity contribution in [2.24, 2.45) is 11.7 Å². The van der Waals surface area contributed by atoms with Gasteiger partial charge in [0.15, 0.2) is 0 Å². The Labute approximate surface area is 111 Å². The molecule has 3 fully saturated rings. The van der Waals surface area contributed by atoms with Gasteiger partial charge in [0, 0.05) is 18.7 Å². The Balaban J connectivity index is 1.36. The fourth-order valence-electron chi connectivity index (χ4n) is 3.42. The normalized spacial score (nSPS) is 35.8. The SMILES string of the molecule is NC1CCN(C2CCC(OCC3CC3)CC2)CC1. The van der Waals surface area contributed by atoms with Crippen LogP contribution in [0.15, 0.2) is 0 Å². The number of nitrogens with zero attached hydrogens (tertiary/aromatic N) is 1. The van der Waals surface area contributed by atoms with Crippen molar-refractivity contribution < 1.29 is 4.74 Å². The molecule has 1 heterocycles. The lowest BCUT2D eigenvalue weighted by Crippen LogP contribution is -2.46. The Kier molecular flexibility index (Phi) is 4.22. The highest BCUT2D eigenvalue weighted by atomic mass is 16.5. The van der Waals surface area contributed by atoms with Crippen LogP contribution in [0, 0.1) is 5.92 Å². The van der Waals surface area contributed by atoms with Gasteiger partial charge in [0.05, 0.1) is 6.10 Å². The summed E-state index contributed by atoms with van der Waals surface area (Å²) in [6, 6.07) is 1.28. The van der Waals surface area contributed by atoms with E-state index >= 15 is 0 Å². The topological polar surface area (TPSA) is 38.5 Å². The highest BCUT2D eigenvalue weighted by molar-refractivity contribution is 4.84. The van der Waals surface area contributed by atoms with Crippen molar-refractivity contribution in [2.45, 2.75) is 69.6 Å². The van der Waals surface area contributed by atoms with Crippen LogP contribution in [0.1, 0.15) is 51.4 Å². The summed E-state index contributed by atoms with van der Waals surface area (Å²) < 4.78 is 6.02. The number of hydrogen-bond donors (Lipinski definition) is 1. The minimum absolute atomic E-state index is 0.458. The van der Waals surface area contributed by atoms with Gasteiger partial charge >= 0.3 is 0 Å². The van der Waals surface area contributed by atoms with Gasteiger partial charge in [0.1, 0.15) is 0 Å². The van der Waals surface area contributed by atoms with Crippen molar-refractivity contribution in [1.29, 1.82) is 0 Å². The lowest BCUT2D eigenvalue weighted by molar-refractivity contribution is -0.000892. The van der Waals surface area contributed by atoms with Crippen molar-refractivity contribution in [3.05, 3.63) is 0 Å². The standard InChI is InChI=1S/C15H28N2O/c16-13-7-9-17(10-8-13)14-3-5-15(6-4-14)18-11-12-1-2-12/h12-15H,1-11,16H2. The van der Waals surface area contributed by atoms with E-state index in [1.165, 1.54) is 64.5 Å². The zero-order chi connectivity index (χ0) is 12.4. The lowest BCUT2D eigenvalue weighted by atomic mass is 9.90. The Morgan fingerprint density at radius 1 is 0.889 bits per heavy atom. The van der Waals surface area contributed by atoms with Gasteiger partial charge in [-0.1, -0.05) is 0 Å². The molecule has 2 aliphatic carbocycles. The molecule has 0 amide bonds. The van der Waals surface area contributed by atoms with Crippen molar-refractivity contribution in [3.8, 4) is 0 Å². The van der Waals surface area contributed by atoms with E-state index in [-0.39, 0.29) is 0 Å². The first-order valence-electron chi connectivity index (χ1n) is 7.92. The van der Waals surface area contributed by atoms with Gasteiger partial charge in [-0.15, -0.1) is 0 Å². The molecule has 0 spiro atoms. The van der Waals surface area contributed by atoms with Crippen LogP contribution in [0.5, 0.6) is 0 Å². The summed E-state index contributed by atoms with van der Waals surface area (Å²) in [5, 5.41) is 0. The highest BCUT2D eigenvalue weighted by Gasteiger charge is 2.29. The molecule has 1 saturated heterocycles. The van der Waals surface area contributed by atoms with Crippen LogP contribution in [-0.2, 0) is 4.74 Å². The average Bonchev–Trinajstić information content (AvgIpc) is 3.22. The van der Waals surface area contributed by atoms with Gasteiger partial charge < -0.3 is 15.4 Å². The Bertz CT molecular complexity index is 251. The molecule has 3 rings (SSSR count). The van der Waals surface area contributed by atoms with Crippen LogP contribution < -0.4 is 5.73 Å². The van der Waals surface area contributed by atoms with Gasteiger partial charge in [-0.3, -0.25) is 0 Å². The third kappa shape index (κ3) is 3.46. The number of piperidine rings is 1. The maximum absolute atomic E-state index is 6.02. The summed E-state index contributed by atoms with van der Waals surface area (Å²) in [4.78, 5) is 2.68. The van der Waals surface area contributed by atoms with E-state index in [0.717, 1.165) is 18.6 Å². The molecule has 0 bridgehead atoms. The van der Waals surface area contributed by atoms with E-state index in [9.17, 15) is 0 Å². The molecule has 0 unspecified atom stereocenters. The first-order chi connectivity index (χ1) is 8.81. The zero-order valence-electron chi connectivity index (χ0n) is 11.5. The number of hydrogen-bond acceptors (Lipinski definition) is 3. The largest absolute Gasteiger partial charge is 0.378 e. The number of nitrogens with two attached hydrogens (primary N) is 1. The van der Waals surface area contributed by atoms with E-state index < -0.39 is 0 Å². The van der Waals surface area contributed by atoms with E-state index in [2.05, 4.69) is 4.90 Å². The fourth-order valence-corrected chi connectivity index (χ4v) is 3.42. The molecule has 1 aliphatic heterocycles. The second-order valence-corrected chi connectivity index (χ2v) is 6.58. The van der Waals surface area contributed by atoms with Crippen molar-refractivity contribution in [3.63, 3.8) is 0 Å². The van der Waals surface area contributed by atoms with Gasteiger partial charge in [0.25, 0.3) is 0 Å². The summed E-state index contributed by atoms with van der Waals surface area (Å²) in [5.74, 6) is 0.909. The molecular formula is C15H28N2O. The summed E-state index contributed by atoms with van der Waals surface area (Å²) >= 11 is 0. The quantitative estimate of drug-likeness (QED) is 0.833. The predicted octanol–water partition coefficient (Wildman–Crippen LogP) is 2.15. The smallest absolute Gasteiger partial charge is 0.0576 e. The van der Waals surface area contributed by atoms with Crippen LogP contribution in [0.4, 0.5) is 0 Å². The molecule has 0 aromatic carbocycles. The summed E-state index contributed by atoms with van der Waals surface area (Å²) in [6.45, 7) is 3.48. The Hall–Kier alpha value is -0.120. The fraction of sp³-hybridized carbons (Fsp3) is 1.00. The molecule has 2 N–H and O–H groups in total. The average molecular weight is 252 g/mol. The number of likely N-dealkylation sites (tertiary alicyclic amines) is 1. The van der Waals surface area contributed by atoms with Crippen LogP contribution >= 0.6 is 0 Å². The van der Waals surface area contributed by atoms with Crippen molar-refractivity contribution in [1.82, 2.24) is 4.90 Å². The highest BCUT2D eigenvalue weighted by Crippen LogP contribution is 2.32. The summed E-state index contributed by atoms with van der Waals surface area (Å²) in [6.07, 6.45) is 11.0. The molecule has 0 aromatic rings. The molecule has 18 heavy (non-hydrogen) atoms. The van der Waals surface area contributed by atoms with E-state index in [0.29, 0.717) is 12.1 Å². The molecule has 3 aliphatic rings. The third-order valence-corrected chi connectivity index (χ3v) is 5.00. The van der Waals surface area contributed by atoms with Crippen LogP contribution in [0.3, 0.4) is 0 Å². The molecule has 0 aromatic heterocycles. The monoisotopic (exact) mass is 252 g/mol. The van der Waals surface area contributed by atoms with Gasteiger partial charge in [-0.25, -0.2) is 0 Å². The van der Waals surface area contributed by atoms with E-state index in [4.69, 9.17) is 10.5 Å². The molecule has 2 saturated carbocycles. The lowest BCUT2D eigenvalue weighted by Gasteiger charge is -2.40. The van der Waals surface area contributed by atoms with E-state index in [1.54, 1.807) is 0 Å². The number of rotatable bonds is 4. The second-order valence-electron chi connectivity index (χ2n) is 6.58. The minimum atomic E-state index is 0.458. The van der Waals surface area contributed by atoms with Gasteiger partial charge in [-0.2, -0.15) is 0 Å².